The Bertz CT molecular complexity index is 361. The predicted molar refractivity (Wildman–Crippen MR) is 91.8 cm³/mol. The fourth-order valence-corrected chi connectivity index (χ4v) is 2.20. The summed E-state index contributed by atoms with van der Waals surface area (Å²) in [7, 11) is 0. The largest absolute Gasteiger partial charge is 0.480 e. The Morgan fingerprint density at radius 3 is 1.83 bits per heavy atom. The van der Waals surface area contributed by atoms with Crippen molar-refractivity contribution in [3.63, 3.8) is 0 Å². The third-order valence-electron chi connectivity index (χ3n) is 3.55. The highest BCUT2D eigenvalue weighted by Crippen LogP contribution is 2.10. The molecule has 0 aromatic carbocycles. The summed E-state index contributed by atoms with van der Waals surface area (Å²) in [4.78, 5) is 32.7. The first kappa shape index (κ1) is 22.2. The first-order valence-corrected chi connectivity index (χ1v) is 8.95. The van der Waals surface area contributed by atoms with E-state index in [1.807, 2.05) is 0 Å². The van der Waals surface area contributed by atoms with Crippen LogP contribution in [0.3, 0.4) is 0 Å². The molecule has 0 heterocycles. The fraction of sp³-hybridized carbons (Fsp3) is 0.824. The number of carboxylic acid groups (broad SMARTS) is 1. The minimum atomic E-state index is -1.14. The van der Waals surface area contributed by atoms with E-state index >= 15 is 0 Å². The molecule has 3 N–H and O–H groups in total. The van der Waals surface area contributed by atoms with Crippen molar-refractivity contribution in [2.45, 2.75) is 71.1 Å². The van der Waals surface area contributed by atoms with Gasteiger partial charge in [0.1, 0.15) is 13.1 Å². The van der Waals surface area contributed by atoms with Crippen molar-refractivity contribution in [2.75, 3.05) is 19.7 Å². The highest BCUT2D eigenvalue weighted by Gasteiger charge is 2.07. The molecule has 0 spiro atoms. The number of urea groups is 1. The molecule has 0 aromatic heterocycles. The van der Waals surface area contributed by atoms with E-state index in [-0.39, 0.29) is 6.54 Å². The zero-order valence-electron chi connectivity index (χ0n) is 14.8. The number of unbranched alkanes of at least 4 members (excludes halogenated alkanes) is 9. The number of ether oxygens (including phenoxy) is 1. The number of rotatable bonds is 15. The van der Waals surface area contributed by atoms with E-state index in [0.29, 0.717) is 6.61 Å². The second kappa shape index (κ2) is 16.1. The Labute approximate surface area is 144 Å². The van der Waals surface area contributed by atoms with Gasteiger partial charge in [-0.1, -0.05) is 64.7 Å². The molecule has 0 fully saturated rings. The number of aliphatic carboxylic acids is 1. The summed E-state index contributed by atoms with van der Waals surface area (Å²) in [6, 6.07) is -0.701. The van der Waals surface area contributed by atoms with Crippen molar-refractivity contribution in [3.8, 4) is 0 Å². The molecule has 0 saturated heterocycles. The van der Waals surface area contributed by atoms with E-state index in [9.17, 15) is 14.4 Å². The summed E-state index contributed by atoms with van der Waals surface area (Å²) in [5.74, 6) is -1.66. The number of carboxylic acids is 1. The molecule has 0 saturated carbocycles. The van der Waals surface area contributed by atoms with Crippen LogP contribution in [0.25, 0.3) is 0 Å². The van der Waals surface area contributed by atoms with Gasteiger partial charge in [0, 0.05) is 0 Å². The minimum Gasteiger partial charge on any atom is -0.480 e. The lowest BCUT2D eigenvalue weighted by atomic mass is 10.1. The summed E-state index contributed by atoms with van der Waals surface area (Å²) >= 11 is 0. The highest BCUT2D eigenvalue weighted by atomic mass is 16.5. The van der Waals surface area contributed by atoms with Crippen LogP contribution in [0.5, 0.6) is 0 Å². The summed E-state index contributed by atoms with van der Waals surface area (Å²) in [6.45, 7) is 1.83. The van der Waals surface area contributed by atoms with Crippen LogP contribution in [-0.4, -0.2) is 42.8 Å². The molecule has 0 aromatic rings. The van der Waals surface area contributed by atoms with E-state index in [0.717, 1.165) is 19.3 Å². The average molecular weight is 344 g/mol. The van der Waals surface area contributed by atoms with E-state index < -0.39 is 24.5 Å². The Hall–Kier alpha value is -1.79. The number of carbonyl (C=O) groups excluding carboxylic acids is 2. The van der Waals surface area contributed by atoms with Crippen LogP contribution in [-0.2, 0) is 14.3 Å². The Morgan fingerprint density at radius 1 is 0.792 bits per heavy atom. The van der Waals surface area contributed by atoms with Crippen LogP contribution in [0.4, 0.5) is 4.79 Å². The van der Waals surface area contributed by atoms with Crippen molar-refractivity contribution in [2.24, 2.45) is 0 Å². The van der Waals surface area contributed by atoms with Crippen molar-refractivity contribution in [3.05, 3.63) is 0 Å². The molecule has 0 rings (SSSR count). The zero-order valence-corrected chi connectivity index (χ0v) is 14.8. The number of amides is 2. The van der Waals surface area contributed by atoms with Gasteiger partial charge in [0.25, 0.3) is 0 Å². The molecule has 2 amide bonds. The lowest BCUT2D eigenvalue weighted by Gasteiger charge is -2.07. The second-order valence-electron chi connectivity index (χ2n) is 5.83. The molecular formula is C17H32N2O5. The van der Waals surface area contributed by atoms with Gasteiger partial charge in [-0.2, -0.15) is 0 Å². The molecule has 7 nitrogen and oxygen atoms in total. The number of carbonyl (C=O) groups is 3. The predicted octanol–water partition coefficient (Wildman–Crippen LogP) is 2.83. The molecule has 7 heteroatoms. The van der Waals surface area contributed by atoms with Crippen molar-refractivity contribution in [1.29, 1.82) is 0 Å². The Kier molecular flexibility index (Phi) is 14.9. The Morgan fingerprint density at radius 2 is 1.29 bits per heavy atom. The third-order valence-corrected chi connectivity index (χ3v) is 3.55. The zero-order chi connectivity index (χ0) is 18.0. The van der Waals surface area contributed by atoms with Gasteiger partial charge < -0.3 is 20.5 Å². The average Bonchev–Trinajstić information content (AvgIpc) is 2.56. The summed E-state index contributed by atoms with van der Waals surface area (Å²) in [5.41, 5.74) is 0. The lowest BCUT2D eigenvalue weighted by Crippen LogP contribution is -2.41. The molecule has 0 aliphatic rings. The molecule has 24 heavy (non-hydrogen) atoms. The first-order chi connectivity index (χ1) is 11.6. The molecule has 0 radical (unpaired) electrons. The van der Waals surface area contributed by atoms with Crippen molar-refractivity contribution in [1.82, 2.24) is 10.6 Å². The third kappa shape index (κ3) is 16.6. The van der Waals surface area contributed by atoms with Crippen LogP contribution < -0.4 is 10.6 Å². The number of nitrogens with one attached hydrogen (secondary N) is 2. The van der Waals surface area contributed by atoms with Gasteiger partial charge in [0.05, 0.1) is 6.61 Å². The summed E-state index contributed by atoms with van der Waals surface area (Å²) in [6.07, 6.45) is 12.1. The summed E-state index contributed by atoms with van der Waals surface area (Å²) < 4.78 is 4.99. The van der Waals surface area contributed by atoms with Crippen LogP contribution in [0.2, 0.25) is 0 Å². The van der Waals surface area contributed by atoms with Crippen LogP contribution in [0.1, 0.15) is 71.1 Å². The van der Waals surface area contributed by atoms with Gasteiger partial charge >= 0.3 is 18.0 Å². The van der Waals surface area contributed by atoms with Gasteiger partial charge in [-0.3, -0.25) is 9.59 Å². The monoisotopic (exact) mass is 344 g/mol. The molecule has 0 aliphatic heterocycles. The Balaban J connectivity index is 3.31. The van der Waals surface area contributed by atoms with Crippen molar-refractivity contribution < 1.29 is 24.2 Å². The molecule has 0 bridgehead atoms. The minimum absolute atomic E-state index is 0.261. The number of hydrogen-bond acceptors (Lipinski definition) is 4. The first-order valence-electron chi connectivity index (χ1n) is 8.95. The van der Waals surface area contributed by atoms with Gasteiger partial charge in [-0.25, -0.2) is 4.79 Å². The van der Waals surface area contributed by atoms with Crippen molar-refractivity contribution >= 4 is 18.0 Å². The maximum absolute atomic E-state index is 11.4. The van der Waals surface area contributed by atoms with E-state index in [1.54, 1.807) is 0 Å². The lowest BCUT2D eigenvalue weighted by molar-refractivity contribution is -0.142. The van der Waals surface area contributed by atoms with Gasteiger partial charge in [0.2, 0.25) is 0 Å². The van der Waals surface area contributed by atoms with E-state index in [1.165, 1.54) is 44.9 Å². The van der Waals surface area contributed by atoms with Crippen LogP contribution in [0, 0.1) is 0 Å². The van der Waals surface area contributed by atoms with Gasteiger partial charge in [-0.15, -0.1) is 0 Å². The standard InChI is InChI=1S/C17H32N2O5/c1-2-3-4-5-6-7-8-9-10-11-12-24-16(22)14-19-17(23)18-13-15(20)21/h2-14H2,1H3,(H,20,21)(H2,18,19,23). The van der Waals surface area contributed by atoms with Gasteiger partial charge in [0.15, 0.2) is 0 Å². The molecular weight excluding hydrogens is 312 g/mol. The van der Waals surface area contributed by atoms with E-state index in [2.05, 4.69) is 17.6 Å². The number of esters is 1. The fourth-order valence-electron chi connectivity index (χ4n) is 2.20. The maximum Gasteiger partial charge on any atom is 0.325 e. The summed E-state index contributed by atoms with van der Waals surface area (Å²) in [5, 5.41) is 12.7. The normalized spacial score (nSPS) is 10.2. The van der Waals surface area contributed by atoms with Gasteiger partial charge in [-0.05, 0) is 6.42 Å². The topological polar surface area (TPSA) is 105 Å². The van der Waals surface area contributed by atoms with E-state index in [4.69, 9.17) is 9.84 Å². The maximum atomic E-state index is 11.4. The molecule has 0 aliphatic carbocycles. The smallest absolute Gasteiger partial charge is 0.325 e. The molecule has 0 unspecified atom stereocenters. The van der Waals surface area contributed by atoms with Crippen LogP contribution >= 0.6 is 0 Å². The molecule has 0 atom stereocenters. The second-order valence-corrected chi connectivity index (χ2v) is 5.83. The van der Waals surface area contributed by atoms with Crippen LogP contribution in [0.15, 0.2) is 0 Å². The quantitative estimate of drug-likeness (QED) is 0.313. The number of hydrogen-bond donors (Lipinski definition) is 3. The molecule has 140 valence electrons. The SMILES string of the molecule is CCCCCCCCCCCCOC(=O)CNC(=O)NCC(=O)O. The highest BCUT2D eigenvalue weighted by molar-refractivity contribution is 5.83.